The molecule has 0 spiro atoms. The molecule has 0 saturated carbocycles. The van der Waals surface area contributed by atoms with Gasteiger partial charge >= 0.3 is 0 Å². The van der Waals surface area contributed by atoms with Gasteiger partial charge in [-0.3, -0.25) is 4.79 Å². The highest BCUT2D eigenvalue weighted by Crippen LogP contribution is 2.29. The molecule has 0 atom stereocenters. The van der Waals surface area contributed by atoms with Gasteiger partial charge in [0.05, 0.1) is 19.9 Å². The highest BCUT2D eigenvalue weighted by molar-refractivity contribution is 6.10. The summed E-state index contributed by atoms with van der Waals surface area (Å²) >= 11 is 0. The molecule has 0 saturated heterocycles. The van der Waals surface area contributed by atoms with Gasteiger partial charge in [0.1, 0.15) is 23.1 Å². The number of nitrogens with zero attached hydrogens (tertiary/aromatic N) is 1. The summed E-state index contributed by atoms with van der Waals surface area (Å²) in [5, 5.41) is 12.1. The van der Waals surface area contributed by atoms with Crippen LogP contribution in [0.4, 0.5) is 5.69 Å². The van der Waals surface area contributed by atoms with Gasteiger partial charge in [0, 0.05) is 6.07 Å². The Morgan fingerprint density at radius 3 is 2.35 bits per heavy atom. The van der Waals surface area contributed by atoms with Crippen molar-refractivity contribution in [2.24, 2.45) is 0 Å². The molecule has 1 amide bonds. The van der Waals surface area contributed by atoms with E-state index in [1.807, 2.05) is 30.3 Å². The fourth-order valence-electron chi connectivity index (χ4n) is 2.39. The highest BCUT2D eigenvalue weighted by Gasteiger charge is 2.13. The molecule has 134 valence electrons. The van der Waals surface area contributed by atoms with Crippen LogP contribution in [0.25, 0.3) is 6.08 Å². The van der Waals surface area contributed by atoms with Crippen LogP contribution >= 0.6 is 0 Å². The molecule has 2 aromatic rings. The van der Waals surface area contributed by atoms with Crippen molar-refractivity contribution in [2.75, 3.05) is 19.5 Å². The molecule has 0 aliphatic rings. The molecule has 0 unspecified atom stereocenters. The van der Waals surface area contributed by atoms with E-state index < -0.39 is 5.91 Å². The molecule has 5 heteroatoms. The average Bonchev–Trinajstić information content (AvgIpc) is 2.66. The largest absolute Gasteiger partial charge is 0.497 e. The van der Waals surface area contributed by atoms with Crippen molar-refractivity contribution in [1.29, 1.82) is 5.26 Å². The maximum absolute atomic E-state index is 12.5. The number of rotatable bonds is 6. The molecular formula is C21H22N2O3. The van der Waals surface area contributed by atoms with E-state index in [4.69, 9.17) is 9.47 Å². The molecule has 0 aromatic heterocycles. The fraction of sp³-hybridized carbons (Fsp3) is 0.238. The summed E-state index contributed by atoms with van der Waals surface area (Å²) in [6, 6.07) is 14.8. The summed E-state index contributed by atoms with van der Waals surface area (Å²) in [5.41, 5.74) is 2.44. The minimum Gasteiger partial charge on any atom is -0.497 e. The van der Waals surface area contributed by atoms with Crippen LogP contribution in [0.1, 0.15) is 30.9 Å². The molecule has 0 bridgehead atoms. The molecule has 0 heterocycles. The third-order valence-corrected chi connectivity index (χ3v) is 3.93. The normalized spacial score (nSPS) is 11.0. The predicted octanol–water partition coefficient (Wildman–Crippen LogP) is 4.37. The maximum atomic E-state index is 12.5. The quantitative estimate of drug-likeness (QED) is 0.620. The number of benzene rings is 2. The van der Waals surface area contributed by atoms with Gasteiger partial charge in [0.25, 0.3) is 5.91 Å². The van der Waals surface area contributed by atoms with Crippen LogP contribution in [0.3, 0.4) is 0 Å². The van der Waals surface area contributed by atoms with Gasteiger partial charge in [-0.15, -0.1) is 0 Å². The Morgan fingerprint density at radius 2 is 1.81 bits per heavy atom. The van der Waals surface area contributed by atoms with E-state index >= 15 is 0 Å². The van der Waals surface area contributed by atoms with Gasteiger partial charge in [-0.1, -0.05) is 38.1 Å². The smallest absolute Gasteiger partial charge is 0.266 e. The number of carbonyl (C=O) groups excluding carboxylic acids is 1. The number of nitrogens with one attached hydrogen (secondary N) is 1. The first kappa shape index (κ1) is 19.1. The van der Waals surface area contributed by atoms with Crippen molar-refractivity contribution in [3.05, 3.63) is 59.2 Å². The average molecular weight is 350 g/mol. The van der Waals surface area contributed by atoms with Gasteiger partial charge in [-0.2, -0.15) is 5.26 Å². The highest BCUT2D eigenvalue weighted by atomic mass is 16.5. The Morgan fingerprint density at radius 1 is 1.12 bits per heavy atom. The lowest BCUT2D eigenvalue weighted by atomic mass is 10.0. The van der Waals surface area contributed by atoms with Crippen molar-refractivity contribution in [3.8, 4) is 17.6 Å². The van der Waals surface area contributed by atoms with E-state index in [1.165, 1.54) is 19.8 Å². The van der Waals surface area contributed by atoms with Crippen molar-refractivity contribution in [3.63, 3.8) is 0 Å². The zero-order valence-electron chi connectivity index (χ0n) is 15.4. The molecule has 0 fully saturated rings. The Hall–Kier alpha value is -3.26. The molecule has 2 aromatic carbocycles. The Labute approximate surface area is 153 Å². The van der Waals surface area contributed by atoms with E-state index in [2.05, 4.69) is 19.2 Å². The number of ether oxygens (including phenoxy) is 2. The van der Waals surface area contributed by atoms with E-state index in [0.717, 1.165) is 5.56 Å². The lowest BCUT2D eigenvalue weighted by Gasteiger charge is -2.11. The van der Waals surface area contributed by atoms with Crippen LogP contribution < -0.4 is 14.8 Å². The molecule has 2 rings (SSSR count). The van der Waals surface area contributed by atoms with Gasteiger partial charge in [-0.05, 0) is 35.3 Å². The van der Waals surface area contributed by atoms with Crippen molar-refractivity contribution in [1.82, 2.24) is 0 Å². The third-order valence-electron chi connectivity index (χ3n) is 3.93. The second kappa shape index (κ2) is 8.72. The fourth-order valence-corrected chi connectivity index (χ4v) is 2.39. The molecule has 5 nitrogen and oxygen atoms in total. The Bertz CT molecular complexity index is 847. The molecule has 0 aliphatic heterocycles. The molecule has 26 heavy (non-hydrogen) atoms. The third kappa shape index (κ3) is 4.64. The summed E-state index contributed by atoms with van der Waals surface area (Å²) in [5.74, 6) is 0.977. The van der Waals surface area contributed by atoms with Crippen LogP contribution in [0.5, 0.6) is 11.5 Å². The summed E-state index contributed by atoms with van der Waals surface area (Å²) in [6.07, 6.45) is 1.56. The van der Waals surface area contributed by atoms with Crippen molar-refractivity contribution >= 4 is 17.7 Å². The SMILES string of the molecule is COc1ccc(OC)c(NC(=O)/C(C#N)=C\c2ccc(C(C)C)cc2)c1. The van der Waals surface area contributed by atoms with Crippen LogP contribution in [-0.2, 0) is 4.79 Å². The lowest BCUT2D eigenvalue weighted by Crippen LogP contribution is -2.14. The summed E-state index contributed by atoms with van der Waals surface area (Å²) in [6.45, 7) is 4.22. The van der Waals surface area contributed by atoms with Crippen molar-refractivity contribution < 1.29 is 14.3 Å². The first-order valence-electron chi connectivity index (χ1n) is 8.23. The lowest BCUT2D eigenvalue weighted by molar-refractivity contribution is -0.112. The number of methoxy groups -OCH3 is 2. The first-order chi connectivity index (χ1) is 12.5. The van der Waals surface area contributed by atoms with Gasteiger partial charge in [-0.25, -0.2) is 0 Å². The van der Waals surface area contributed by atoms with E-state index in [0.29, 0.717) is 23.1 Å². The number of hydrogen-bond acceptors (Lipinski definition) is 4. The summed E-state index contributed by atoms with van der Waals surface area (Å²) < 4.78 is 10.4. The minimum atomic E-state index is -0.507. The topological polar surface area (TPSA) is 71.3 Å². The predicted molar refractivity (Wildman–Crippen MR) is 102 cm³/mol. The zero-order chi connectivity index (χ0) is 19.1. The van der Waals surface area contributed by atoms with Crippen LogP contribution in [0, 0.1) is 11.3 Å². The Kier molecular flexibility index (Phi) is 6.40. The standard InChI is InChI=1S/C21H22N2O3/c1-14(2)16-7-5-15(6-8-16)11-17(13-22)21(24)23-19-12-18(25-3)9-10-20(19)26-4/h5-12,14H,1-4H3,(H,23,24)/b17-11-. The number of hydrogen-bond donors (Lipinski definition) is 1. The second-order valence-electron chi connectivity index (χ2n) is 6.01. The number of amides is 1. The number of nitriles is 1. The first-order valence-corrected chi connectivity index (χ1v) is 8.23. The zero-order valence-corrected chi connectivity index (χ0v) is 15.4. The van der Waals surface area contributed by atoms with E-state index in [1.54, 1.807) is 24.3 Å². The second-order valence-corrected chi connectivity index (χ2v) is 6.01. The molecule has 0 radical (unpaired) electrons. The summed E-state index contributed by atoms with van der Waals surface area (Å²) in [4.78, 5) is 12.5. The maximum Gasteiger partial charge on any atom is 0.266 e. The van der Waals surface area contributed by atoms with Crippen LogP contribution in [0.15, 0.2) is 48.0 Å². The van der Waals surface area contributed by atoms with Gasteiger partial charge in [0.15, 0.2) is 0 Å². The Balaban J connectivity index is 2.25. The number of anilines is 1. The van der Waals surface area contributed by atoms with Gasteiger partial charge < -0.3 is 14.8 Å². The van der Waals surface area contributed by atoms with Gasteiger partial charge in [0.2, 0.25) is 0 Å². The monoisotopic (exact) mass is 350 g/mol. The number of carbonyl (C=O) groups is 1. The molecule has 0 aliphatic carbocycles. The van der Waals surface area contributed by atoms with E-state index in [9.17, 15) is 10.1 Å². The minimum absolute atomic E-state index is 0.00664. The van der Waals surface area contributed by atoms with Crippen LogP contribution in [-0.4, -0.2) is 20.1 Å². The molecule has 1 N–H and O–H groups in total. The van der Waals surface area contributed by atoms with Crippen LogP contribution in [0.2, 0.25) is 0 Å². The van der Waals surface area contributed by atoms with E-state index in [-0.39, 0.29) is 5.57 Å². The molecular weight excluding hydrogens is 328 g/mol. The van der Waals surface area contributed by atoms with Crippen molar-refractivity contribution in [2.45, 2.75) is 19.8 Å². The summed E-state index contributed by atoms with van der Waals surface area (Å²) in [7, 11) is 3.05.